The number of carbonyl (C=O) groups is 1. The van der Waals surface area contributed by atoms with Gasteiger partial charge in [0.15, 0.2) is 17.9 Å². The van der Waals surface area contributed by atoms with Crippen LogP contribution in [0.25, 0.3) is 11.4 Å². The smallest absolute Gasteiger partial charge is 0.168 e. The molecule has 16 heavy (non-hydrogen) atoms. The Kier molecular flexibility index (Phi) is 2.40. The average Bonchev–Trinajstić information content (AvgIpc) is 2.71. The minimum absolute atomic E-state index is 0.0259. The first-order chi connectivity index (χ1) is 7.61. The van der Waals surface area contributed by atoms with E-state index in [4.69, 9.17) is 0 Å². The molecule has 0 bridgehead atoms. The molecule has 0 radical (unpaired) electrons. The van der Waals surface area contributed by atoms with E-state index in [2.05, 4.69) is 9.97 Å². The number of H-pyrrole nitrogens is 1. The van der Waals surface area contributed by atoms with Gasteiger partial charge in [-0.2, -0.15) is 0 Å². The highest BCUT2D eigenvalue weighted by molar-refractivity contribution is 5.74. The van der Waals surface area contributed by atoms with Crippen molar-refractivity contribution in [2.24, 2.45) is 0 Å². The number of imidazole rings is 1. The summed E-state index contributed by atoms with van der Waals surface area (Å²) < 4.78 is 25.9. The van der Waals surface area contributed by atoms with E-state index >= 15 is 0 Å². The first kappa shape index (κ1) is 10.3. The number of phenols is 1. The number of hydrogen-bond acceptors (Lipinski definition) is 3. The van der Waals surface area contributed by atoms with E-state index in [0.717, 1.165) is 6.07 Å². The van der Waals surface area contributed by atoms with Crippen molar-refractivity contribution in [3.63, 3.8) is 0 Å². The van der Waals surface area contributed by atoms with Gasteiger partial charge in [-0.15, -0.1) is 0 Å². The summed E-state index contributed by atoms with van der Waals surface area (Å²) in [5.74, 6) is -2.61. The third-order valence-electron chi connectivity index (χ3n) is 2.01. The lowest BCUT2D eigenvalue weighted by molar-refractivity contribution is 0.111. The minimum Gasteiger partial charge on any atom is -0.504 e. The van der Waals surface area contributed by atoms with Crippen LogP contribution in [0.5, 0.6) is 5.75 Å². The normalized spacial score (nSPS) is 10.4. The molecule has 0 spiro atoms. The van der Waals surface area contributed by atoms with Crippen molar-refractivity contribution in [1.82, 2.24) is 9.97 Å². The zero-order valence-electron chi connectivity index (χ0n) is 7.87. The maximum atomic E-state index is 13.0. The molecule has 1 heterocycles. The summed E-state index contributed by atoms with van der Waals surface area (Å²) in [6.45, 7) is 0. The maximum Gasteiger partial charge on any atom is 0.168 e. The van der Waals surface area contributed by atoms with Crippen LogP contribution >= 0.6 is 0 Å². The highest BCUT2D eigenvalue weighted by Crippen LogP contribution is 2.30. The third kappa shape index (κ3) is 1.65. The Hall–Kier alpha value is -2.24. The fourth-order valence-corrected chi connectivity index (χ4v) is 1.28. The number of hydrogen-bond donors (Lipinski definition) is 2. The Labute approximate surface area is 88.6 Å². The molecule has 0 saturated heterocycles. The molecule has 0 fully saturated rings. The van der Waals surface area contributed by atoms with Gasteiger partial charge in [-0.05, 0) is 6.07 Å². The van der Waals surface area contributed by atoms with Gasteiger partial charge in [0.2, 0.25) is 0 Å². The van der Waals surface area contributed by atoms with E-state index in [9.17, 15) is 18.7 Å². The number of aldehydes is 1. The Morgan fingerprint density at radius 2 is 2.12 bits per heavy atom. The molecular weight excluding hydrogens is 218 g/mol. The van der Waals surface area contributed by atoms with Crippen molar-refractivity contribution >= 4 is 6.29 Å². The summed E-state index contributed by atoms with van der Waals surface area (Å²) in [4.78, 5) is 16.6. The third-order valence-corrected chi connectivity index (χ3v) is 2.01. The molecule has 2 rings (SSSR count). The molecule has 4 nitrogen and oxygen atoms in total. The maximum absolute atomic E-state index is 13.0. The summed E-state index contributed by atoms with van der Waals surface area (Å²) >= 11 is 0. The van der Waals surface area contributed by atoms with E-state index in [0.29, 0.717) is 12.4 Å². The largest absolute Gasteiger partial charge is 0.504 e. The van der Waals surface area contributed by atoms with Crippen molar-refractivity contribution < 1.29 is 18.7 Å². The number of phenolic OH excluding ortho intramolecular Hbond substituents is 1. The van der Waals surface area contributed by atoms with Gasteiger partial charge in [0.1, 0.15) is 11.6 Å². The fraction of sp³-hybridized carbons (Fsp3) is 0. The van der Waals surface area contributed by atoms with Gasteiger partial charge in [-0.1, -0.05) is 0 Å². The van der Waals surface area contributed by atoms with Crippen LogP contribution in [-0.2, 0) is 0 Å². The summed E-state index contributed by atoms with van der Waals surface area (Å²) in [6.07, 6.45) is 1.70. The number of aromatic nitrogens is 2. The monoisotopic (exact) mass is 224 g/mol. The van der Waals surface area contributed by atoms with Crippen LogP contribution < -0.4 is 0 Å². The number of benzene rings is 1. The zero-order valence-corrected chi connectivity index (χ0v) is 7.87. The van der Waals surface area contributed by atoms with Crippen LogP contribution in [0.15, 0.2) is 18.3 Å². The second-order valence-electron chi connectivity index (χ2n) is 3.09. The number of rotatable bonds is 2. The molecule has 0 amide bonds. The van der Waals surface area contributed by atoms with Crippen LogP contribution in [-0.4, -0.2) is 21.4 Å². The van der Waals surface area contributed by atoms with E-state index in [1.54, 1.807) is 0 Å². The SMILES string of the molecule is O=Cc1cnc(-c2cc(F)cc(F)c2O)[nH]1. The lowest BCUT2D eigenvalue weighted by Gasteiger charge is -2.02. The average molecular weight is 224 g/mol. The topological polar surface area (TPSA) is 66.0 Å². The molecule has 1 aromatic heterocycles. The highest BCUT2D eigenvalue weighted by atomic mass is 19.1. The number of halogens is 2. The lowest BCUT2D eigenvalue weighted by Crippen LogP contribution is -1.88. The van der Waals surface area contributed by atoms with Gasteiger partial charge in [0.25, 0.3) is 0 Å². The molecule has 2 N–H and O–H groups in total. The van der Waals surface area contributed by atoms with Crippen molar-refractivity contribution in [2.45, 2.75) is 0 Å². The molecule has 0 aliphatic carbocycles. The second-order valence-corrected chi connectivity index (χ2v) is 3.09. The zero-order chi connectivity index (χ0) is 11.7. The molecule has 0 aliphatic rings. The molecular formula is C10H6F2N2O2. The second kappa shape index (κ2) is 3.73. The molecule has 0 saturated carbocycles. The van der Waals surface area contributed by atoms with E-state index in [-0.39, 0.29) is 17.1 Å². The van der Waals surface area contributed by atoms with Crippen LogP contribution in [0.1, 0.15) is 10.5 Å². The molecule has 82 valence electrons. The molecule has 2 aromatic rings. The van der Waals surface area contributed by atoms with Crippen molar-refractivity contribution in [1.29, 1.82) is 0 Å². The minimum atomic E-state index is -1.08. The summed E-state index contributed by atoms with van der Waals surface area (Å²) in [5, 5.41) is 9.37. The number of aromatic amines is 1. The van der Waals surface area contributed by atoms with Crippen LogP contribution in [0, 0.1) is 11.6 Å². The number of carbonyl (C=O) groups excluding carboxylic acids is 1. The Morgan fingerprint density at radius 3 is 2.75 bits per heavy atom. The standard InChI is InChI=1S/C10H6F2N2O2/c11-5-1-7(9(16)8(12)2-5)10-13-3-6(4-15)14-10/h1-4,16H,(H,13,14). The van der Waals surface area contributed by atoms with E-state index in [1.165, 1.54) is 6.20 Å². The van der Waals surface area contributed by atoms with Gasteiger partial charge >= 0.3 is 0 Å². The number of nitrogens with zero attached hydrogens (tertiary/aromatic N) is 1. The van der Waals surface area contributed by atoms with Crippen LogP contribution in [0.3, 0.4) is 0 Å². The molecule has 0 atom stereocenters. The van der Waals surface area contributed by atoms with Gasteiger partial charge in [-0.3, -0.25) is 4.79 Å². The van der Waals surface area contributed by atoms with Crippen molar-refractivity contribution in [3.05, 3.63) is 35.7 Å². The van der Waals surface area contributed by atoms with Gasteiger partial charge < -0.3 is 10.1 Å². The van der Waals surface area contributed by atoms with Crippen molar-refractivity contribution in [3.8, 4) is 17.1 Å². The Morgan fingerprint density at radius 1 is 1.38 bits per heavy atom. The summed E-state index contributed by atoms with van der Waals surface area (Å²) in [7, 11) is 0. The van der Waals surface area contributed by atoms with Crippen LogP contribution in [0.4, 0.5) is 8.78 Å². The Bertz CT molecular complexity index is 552. The molecule has 1 aromatic carbocycles. The summed E-state index contributed by atoms with van der Waals surface area (Å²) in [5.41, 5.74) is 0.0182. The van der Waals surface area contributed by atoms with Gasteiger partial charge in [-0.25, -0.2) is 13.8 Å². The van der Waals surface area contributed by atoms with E-state index in [1.807, 2.05) is 0 Å². The predicted molar refractivity (Wildman–Crippen MR) is 51.0 cm³/mol. The first-order valence-electron chi connectivity index (χ1n) is 4.30. The first-order valence-corrected chi connectivity index (χ1v) is 4.30. The molecule has 6 heteroatoms. The number of nitrogens with one attached hydrogen (secondary N) is 1. The fourth-order valence-electron chi connectivity index (χ4n) is 1.28. The lowest BCUT2D eigenvalue weighted by atomic mass is 10.2. The Balaban J connectivity index is 2.58. The highest BCUT2D eigenvalue weighted by Gasteiger charge is 2.14. The quantitative estimate of drug-likeness (QED) is 0.765. The van der Waals surface area contributed by atoms with Crippen LogP contribution in [0.2, 0.25) is 0 Å². The molecule has 0 aliphatic heterocycles. The number of aromatic hydroxyl groups is 1. The summed E-state index contributed by atoms with van der Waals surface area (Å²) in [6, 6.07) is 1.48. The van der Waals surface area contributed by atoms with Gasteiger partial charge in [0, 0.05) is 6.07 Å². The predicted octanol–water partition coefficient (Wildman–Crippen LogP) is 1.87. The molecule has 0 unspecified atom stereocenters. The van der Waals surface area contributed by atoms with Gasteiger partial charge in [0.05, 0.1) is 17.5 Å². The van der Waals surface area contributed by atoms with E-state index < -0.39 is 17.4 Å². The van der Waals surface area contributed by atoms with Crippen molar-refractivity contribution in [2.75, 3.05) is 0 Å².